The first-order valence-corrected chi connectivity index (χ1v) is 12.1. The van der Waals surface area contributed by atoms with Crippen molar-refractivity contribution in [3.63, 3.8) is 0 Å². The highest BCUT2D eigenvalue weighted by atomic mass is 127. The third-order valence-electron chi connectivity index (χ3n) is 6.49. The fraction of sp³-hybridized carbons (Fsp3) is 0. The Hall–Kier alpha value is -3.57. The van der Waals surface area contributed by atoms with Crippen molar-refractivity contribution in [3.8, 4) is 16.8 Å². The number of hydrogen-bond donors (Lipinski definition) is 0. The maximum atomic E-state index is 6.33. The number of furan rings is 1. The van der Waals surface area contributed by atoms with E-state index in [2.05, 4.69) is 136 Å². The number of rotatable bonds is 2. The second-order valence-corrected chi connectivity index (χ2v) is 9.37. The van der Waals surface area contributed by atoms with Crippen LogP contribution in [-0.4, -0.2) is 4.57 Å². The number of hydrogen-bond acceptors (Lipinski definition) is 1. The van der Waals surface area contributed by atoms with Gasteiger partial charge < -0.3 is 8.98 Å². The lowest BCUT2D eigenvalue weighted by Crippen LogP contribution is -1.97. The van der Waals surface area contributed by atoms with Crippen molar-refractivity contribution in [1.82, 2.24) is 4.57 Å². The highest BCUT2D eigenvalue weighted by molar-refractivity contribution is 14.1. The lowest BCUT2D eigenvalue weighted by atomic mass is 9.99. The minimum Gasteiger partial charge on any atom is -0.456 e. The summed E-state index contributed by atoms with van der Waals surface area (Å²) in [5.41, 5.74) is 7.84. The normalized spacial score (nSPS) is 11.8. The highest BCUT2D eigenvalue weighted by Crippen LogP contribution is 2.42. The van der Waals surface area contributed by atoms with Crippen molar-refractivity contribution >= 4 is 66.3 Å². The number of benzene rings is 5. The topological polar surface area (TPSA) is 18.1 Å². The van der Waals surface area contributed by atoms with Crippen LogP contribution >= 0.6 is 22.6 Å². The minimum absolute atomic E-state index is 0.919. The van der Waals surface area contributed by atoms with Gasteiger partial charge in [0, 0.05) is 25.1 Å². The van der Waals surface area contributed by atoms with Crippen LogP contribution in [0.3, 0.4) is 0 Å². The number of halogens is 1. The van der Waals surface area contributed by atoms with Crippen LogP contribution in [0.1, 0.15) is 0 Å². The molecule has 2 heterocycles. The van der Waals surface area contributed by atoms with Gasteiger partial charge in [-0.2, -0.15) is 0 Å². The van der Waals surface area contributed by atoms with Crippen LogP contribution in [0.15, 0.2) is 114 Å². The van der Waals surface area contributed by atoms with Crippen LogP contribution in [0.2, 0.25) is 0 Å². The van der Waals surface area contributed by atoms with Gasteiger partial charge in [0.05, 0.1) is 16.7 Å². The van der Waals surface area contributed by atoms with Gasteiger partial charge in [-0.25, -0.2) is 0 Å². The van der Waals surface area contributed by atoms with E-state index in [1.54, 1.807) is 0 Å². The molecule has 0 aliphatic rings. The summed E-state index contributed by atoms with van der Waals surface area (Å²) in [6, 6.07) is 38.5. The Kier molecular flexibility index (Phi) is 4.15. The molecule has 2 nitrogen and oxygen atoms in total. The first-order valence-electron chi connectivity index (χ1n) is 11.0. The Morgan fingerprint density at radius 1 is 0.545 bits per heavy atom. The van der Waals surface area contributed by atoms with Crippen molar-refractivity contribution in [1.29, 1.82) is 0 Å². The molecule has 0 saturated carbocycles. The quantitative estimate of drug-likeness (QED) is 0.202. The molecule has 0 N–H and O–H groups in total. The maximum Gasteiger partial charge on any atom is 0.136 e. The van der Waals surface area contributed by atoms with Crippen LogP contribution in [0, 0.1) is 3.57 Å². The second-order valence-electron chi connectivity index (χ2n) is 8.29. The van der Waals surface area contributed by atoms with E-state index in [-0.39, 0.29) is 0 Å². The molecular weight excluding hydrogens is 517 g/mol. The van der Waals surface area contributed by atoms with Gasteiger partial charge >= 0.3 is 0 Å². The molecule has 0 spiro atoms. The van der Waals surface area contributed by atoms with Gasteiger partial charge in [-0.05, 0) is 64.0 Å². The Morgan fingerprint density at radius 2 is 1.18 bits per heavy atom. The monoisotopic (exact) mass is 535 g/mol. The molecule has 0 bridgehead atoms. The first-order chi connectivity index (χ1) is 16.3. The van der Waals surface area contributed by atoms with E-state index in [1.165, 1.54) is 53.0 Å². The molecule has 7 rings (SSSR count). The van der Waals surface area contributed by atoms with E-state index in [0.29, 0.717) is 0 Å². The summed E-state index contributed by atoms with van der Waals surface area (Å²) < 4.78 is 9.91. The molecule has 0 unspecified atom stereocenters. The van der Waals surface area contributed by atoms with Crippen molar-refractivity contribution < 1.29 is 4.42 Å². The minimum atomic E-state index is 0.919. The van der Waals surface area contributed by atoms with E-state index in [4.69, 9.17) is 4.42 Å². The van der Waals surface area contributed by atoms with Crippen molar-refractivity contribution in [3.05, 3.63) is 113 Å². The van der Waals surface area contributed by atoms with Crippen molar-refractivity contribution in [2.45, 2.75) is 0 Å². The molecule has 0 aliphatic heterocycles. The standard InChI is InChI=1S/C30H18INO/c31-30-25(32-23-14-6-4-11-21(23)22-12-5-7-15-24(22)32)17-18-27-29(30)28-20(13-8-16-26(28)33-27)19-9-2-1-3-10-19/h1-18H. The SMILES string of the molecule is Ic1c(-n2c3ccccc3c3ccccc32)ccc2oc3cccc(-c4ccccc4)c3c12. The summed E-state index contributed by atoms with van der Waals surface area (Å²) in [5.74, 6) is 0. The van der Waals surface area contributed by atoms with Gasteiger partial charge in [0.25, 0.3) is 0 Å². The van der Waals surface area contributed by atoms with Gasteiger partial charge in [0.15, 0.2) is 0 Å². The third-order valence-corrected chi connectivity index (χ3v) is 7.58. The Balaban J connectivity index is 1.62. The smallest absolute Gasteiger partial charge is 0.136 e. The van der Waals surface area contributed by atoms with Gasteiger partial charge in [0.2, 0.25) is 0 Å². The van der Waals surface area contributed by atoms with Gasteiger partial charge in [-0.1, -0.05) is 78.9 Å². The molecule has 5 aromatic carbocycles. The molecule has 0 fully saturated rings. The number of para-hydroxylation sites is 2. The predicted molar refractivity (Wildman–Crippen MR) is 146 cm³/mol. The predicted octanol–water partition coefficient (Wildman–Crippen LogP) is 8.95. The second kappa shape index (κ2) is 7.22. The Morgan fingerprint density at radius 3 is 1.91 bits per heavy atom. The summed E-state index contributed by atoms with van der Waals surface area (Å²) in [5, 5.41) is 4.88. The number of fused-ring (bicyclic) bond motifs is 6. The molecule has 0 amide bonds. The lowest BCUT2D eigenvalue weighted by molar-refractivity contribution is 0.669. The van der Waals surface area contributed by atoms with Crippen molar-refractivity contribution in [2.24, 2.45) is 0 Å². The third kappa shape index (κ3) is 2.72. The lowest BCUT2D eigenvalue weighted by Gasteiger charge is -2.11. The van der Waals surface area contributed by atoms with Crippen LogP contribution in [0.4, 0.5) is 0 Å². The van der Waals surface area contributed by atoms with E-state index in [1.807, 2.05) is 0 Å². The summed E-state index contributed by atoms with van der Waals surface area (Å²) in [6.45, 7) is 0. The zero-order valence-electron chi connectivity index (χ0n) is 17.6. The Labute approximate surface area is 204 Å². The van der Waals surface area contributed by atoms with E-state index < -0.39 is 0 Å². The molecule has 33 heavy (non-hydrogen) atoms. The molecule has 0 atom stereocenters. The van der Waals surface area contributed by atoms with E-state index in [9.17, 15) is 0 Å². The van der Waals surface area contributed by atoms with Crippen LogP contribution < -0.4 is 0 Å². The largest absolute Gasteiger partial charge is 0.456 e. The summed E-state index contributed by atoms with van der Waals surface area (Å²) in [7, 11) is 0. The molecule has 7 aromatic rings. The van der Waals surface area contributed by atoms with E-state index >= 15 is 0 Å². The molecular formula is C30H18INO. The maximum absolute atomic E-state index is 6.33. The Bertz CT molecular complexity index is 1770. The summed E-state index contributed by atoms with van der Waals surface area (Å²) in [6.07, 6.45) is 0. The average molecular weight is 535 g/mol. The molecule has 2 aromatic heterocycles. The van der Waals surface area contributed by atoms with Crippen LogP contribution in [0.5, 0.6) is 0 Å². The zero-order chi connectivity index (χ0) is 21.9. The van der Waals surface area contributed by atoms with Crippen molar-refractivity contribution in [2.75, 3.05) is 0 Å². The summed E-state index contributed by atoms with van der Waals surface area (Å²) >= 11 is 2.51. The van der Waals surface area contributed by atoms with Crippen LogP contribution in [0.25, 0.3) is 60.6 Å². The highest BCUT2D eigenvalue weighted by Gasteiger charge is 2.20. The van der Waals surface area contributed by atoms with Crippen LogP contribution in [-0.2, 0) is 0 Å². The van der Waals surface area contributed by atoms with Gasteiger partial charge in [0.1, 0.15) is 11.2 Å². The van der Waals surface area contributed by atoms with Gasteiger partial charge in [-0.3, -0.25) is 0 Å². The molecule has 0 saturated heterocycles. The number of aromatic nitrogens is 1. The molecule has 0 aliphatic carbocycles. The fourth-order valence-electron chi connectivity index (χ4n) is 5.07. The molecule has 156 valence electrons. The zero-order valence-corrected chi connectivity index (χ0v) is 19.8. The fourth-order valence-corrected chi connectivity index (χ4v) is 6.03. The van der Waals surface area contributed by atoms with E-state index in [0.717, 1.165) is 11.2 Å². The molecule has 3 heteroatoms. The van der Waals surface area contributed by atoms with Gasteiger partial charge in [-0.15, -0.1) is 0 Å². The first kappa shape index (κ1) is 18.9. The molecule has 0 radical (unpaired) electrons. The summed E-state index contributed by atoms with van der Waals surface area (Å²) in [4.78, 5) is 0. The average Bonchev–Trinajstić information content (AvgIpc) is 3.41. The number of nitrogens with zero attached hydrogens (tertiary/aromatic N) is 1.